The molecule has 0 saturated carbocycles. The molecule has 0 fully saturated rings. The normalized spacial score (nSPS) is 10.8. The lowest BCUT2D eigenvalue weighted by Gasteiger charge is -2.13. The van der Waals surface area contributed by atoms with Crippen LogP contribution in [0.5, 0.6) is 11.5 Å². The first-order chi connectivity index (χ1) is 13.8. The number of ether oxygens (including phenoxy) is 2. The number of carbonyl (C=O) groups excluding carboxylic acids is 1. The van der Waals surface area contributed by atoms with Gasteiger partial charge in [-0.25, -0.2) is 9.18 Å². The average Bonchev–Trinajstić information content (AvgIpc) is 2.67. The van der Waals surface area contributed by atoms with Crippen molar-refractivity contribution in [3.63, 3.8) is 0 Å². The molecule has 0 radical (unpaired) electrons. The van der Waals surface area contributed by atoms with Crippen LogP contribution in [0, 0.1) is 17.1 Å². The third-order valence-electron chi connectivity index (χ3n) is 3.45. The molecule has 150 valence electrons. The van der Waals surface area contributed by atoms with E-state index in [9.17, 15) is 19.2 Å². The molecule has 0 spiro atoms. The zero-order valence-corrected chi connectivity index (χ0v) is 16.0. The quantitative estimate of drug-likeness (QED) is 0.497. The van der Waals surface area contributed by atoms with Crippen LogP contribution < -0.4 is 14.8 Å². The highest BCUT2D eigenvalue weighted by Gasteiger charge is 2.15. The van der Waals surface area contributed by atoms with Crippen molar-refractivity contribution in [2.24, 2.45) is 0 Å². The van der Waals surface area contributed by atoms with Gasteiger partial charge < -0.3 is 19.9 Å². The van der Waals surface area contributed by atoms with Crippen molar-refractivity contribution >= 4 is 35.2 Å². The number of halogens is 2. The summed E-state index contributed by atoms with van der Waals surface area (Å²) in [6, 6.07) is 9.74. The summed E-state index contributed by atoms with van der Waals surface area (Å²) in [5, 5.41) is 20.6. The van der Waals surface area contributed by atoms with Crippen LogP contribution in [0.2, 0.25) is 5.02 Å². The number of carboxylic acid groups (broad SMARTS) is 1. The lowest BCUT2D eigenvalue weighted by molar-refractivity contribution is -0.139. The third-order valence-corrected chi connectivity index (χ3v) is 3.73. The summed E-state index contributed by atoms with van der Waals surface area (Å²) in [6.45, 7) is 1.36. The Morgan fingerprint density at radius 2 is 1.97 bits per heavy atom. The minimum atomic E-state index is -1.18. The van der Waals surface area contributed by atoms with Crippen molar-refractivity contribution in [3.8, 4) is 17.6 Å². The number of nitrogens with zero attached hydrogens (tertiary/aromatic N) is 1. The number of anilines is 1. The molecule has 1 amide bonds. The van der Waals surface area contributed by atoms with Gasteiger partial charge >= 0.3 is 5.97 Å². The Morgan fingerprint density at radius 1 is 1.28 bits per heavy atom. The first kappa shape index (κ1) is 21.7. The van der Waals surface area contributed by atoms with E-state index in [0.29, 0.717) is 11.3 Å². The van der Waals surface area contributed by atoms with Gasteiger partial charge in [-0.15, -0.1) is 0 Å². The molecule has 0 heterocycles. The molecular formula is C20H16ClFN2O5. The zero-order valence-electron chi connectivity index (χ0n) is 15.2. The number of carbonyl (C=O) groups is 2. The van der Waals surface area contributed by atoms with E-state index in [-0.39, 0.29) is 28.7 Å². The van der Waals surface area contributed by atoms with Crippen LogP contribution in [0.4, 0.5) is 10.1 Å². The van der Waals surface area contributed by atoms with E-state index in [1.807, 2.05) is 0 Å². The summed E-state index contributed by atoms with van der Waals surface area (Å²) < 4.78 is 23.5. The van der Waals surface area contributed by atoms with Gasteiger partial charge in [-0.2, -0.15) is 5.26 Å². The SMILES string of the molecule is CCOc1cc(/C=C(\C#N)C(=O)Nc2ccc(F)cc2)cc(Cl)c1OCC(=O)O. The van der Waals surface area contributed by atoms with E-state index >= 15 is 0 Å². The van der Waals surface area contributed by atoms with Gasteiger partial charge in [0, 0.05) is 5.69 Å². The van der Waals surface area contributed by atoms with Crippen LogP contribution in [0.1, 0.15) is 12.5 Å². The highest BCUT2D eigenvalue weighted by molar-refractivity contribution is 6.32. The lowest BCUT2D eigenvalue weighted by Crippen LogP contribution is -2.13. The van der Waals surface area contributed by atoms with Gasteiger partial charge in [0.05, 0.1) is 11.6 Å². The fraction of sp³-hybridized carbons (Fsp3) is 0.150. The molecule has 0 aliphatic carbocycles. The van der Waals surface area contributed by atoms with Crippen molar-refractivity contribution in [1.29, 1.82) is 5.26 Å². The summed E-state index contributed by atoms with van der Waals surface area (Å²) >= 11 is 6.16. The smallest absolute Gasteiger partial charge is 0.341 e. The Labute approximate surface area is 170 Å². The molecule has 2 aromatic carbocycles. The number of benzene rings is 2. The van der Waals surface area contributed by atoms with Crippen molar-refractivity contribution in [1.82, 2.24) is 0 Å². The maximum absolute atomic E-state index is 13.0. The van der Waals surface area contributed by atoms with E-state index in [1.54, 1.807) is 13.0 Å². The molecule has 0 aliphatic heterocycles. The van der Waals surface area contributed by atoms with E-state index in [1.165, 1.54) is 42.5 Å². The monoisotopic (exact) mass is 418 g/mol. The molecule has 0 unspecified atom stereocenters. The Morgan fingerprint density at radius 3 is 2.55 bits per heavy atom. The van der Waals surface area contributed by atoms with Gasteiger partial charge in [-0.3, -0.25) is 4.79 Å². The predicted octanol–water partition coefficient (Wildman–Crippen LogP) is 3.89. The van der Waals surface area contributed by atoms with E-state index in [0.717, 1.165) is 0 Å². The molecular weight excluding hydrogens is 403 g/mol. The van der Waals surface area contributed by atoms with E-state index in [4.69, 9.17) is 26.2 Å². The topological polar surface area (TPSA) is 109 Å². The van der Waals surface area contributed by atoms with Crippen molar-refractivity contribution in [2.45, 2.75) is 6.92 Å². The molecule has 0 bridgehead atoms. The molecule has 9 heteroatoms. The fourth-order valence-electron chi connectivity index (χ4n) is 2.26. The number of amides is 1. The van der Waals surface area contributed by atoms with Crippen molar-refractivity contribution < 1.29 is 28.6 Å². The molecule has 2 aromatic rings. The highest BCUT2D eigenvalue weighted by Crippen LogP contribution is 2.37. The van der Waals surface area contributed by atoms with Gasteiger partial charge in [0.25, 0.3) is 5.91 Å². The predicted molar refractivity (Wildman–Crippen MR) is 104 cm³/mol. The molecule has 0 aliphatic rings. The second kappa shape index (κ2) is 10.1. The molecule has 0 atom stereocenters. The molecule has 0 saturated heterocycles. The zero-order chi connectivity index (χ0) is 21.4. The summed E-state index contributed by atoms with van der Waals surface area (Å²) in [5.74, 6) is -2.12. The van der Waals surface area contributed by atoms with Crippen molar-refractivity contribution in [3.05, 3.63) is 58.4 Å². The number of carboxylic acids is 1. The number of rotatable bonds is 8. The molecule has 2 rings (SSSR count). The van der Waals surface area contributed by atoms with E-state index in [2.05, 4.69) is 5.32 Å². The highest BCUT2D eigenvalue weighted by atomic mass is 35.5. The molecule has 29 heavy (non-hydrogen) atoms. The number of nitriles is 1. The Bertz CT molecular complexity index is 984. The maximum atomic E-state index is 13.0. The molecule has 0 aromatic heterocycles. The average molecular weight is 419 g/mol. The van der Waals surface area contributed by atoms with E-state index < -0.39 is 24.3 Å². The second-order valence-corrected chi connectivity index (χ2v) is 5.98. The number of nitrogens with one attached hydrogen (secondary N) is 1. The number of hydrogen-bond acceptors (Lipinski definition) is 5. The van der Waals surface area contributed by atoms with Gasteiger partial charge in [-0.1, -0.05) is 11.6 Å². The van der Waals surface area contributed by atoms with Crippen LogP contribution >= 0.6 is 11.6 Å². The largest absolute Gasteiger partial charge is 0.490 e. The number of aliphatic carboxylic acids is 1. The summed E-state index contributed by atoms with van der Waals surface area (Å²) in [6.07, 6.45) is 1.29. The third kappa shape index (κ3) is 6.23. The Hall–Kier alpha value is -3.57. The summed E-state index contributed by atoms with van der Waals surface area (Å²) in [4.78, 5) is 23.1. The van der Waals surface area contributed by atoms with Crippen LogP contribution in [0.3, 0.4) is 0 Å². The minimum absolute atomic E-state index is 0.0438. The van der Waals surface area contributed by atoms with Gasteiger partial charge in [0.15, 0.2) is 18.1 Å². The lowest BCUT2D eigenvalue weighted by atomic mass is 10.1. The van der Waals surface area contributed by atoms with Crippen LogP contribution in [0.25, 0.3) is 6.08 Å². The summed E-state index contributed by atoms with van der Waals surface area (Å²) in [5.41, 5.74) is 0.460. The van der Waals surface area contributed by atoms with Gasteiger partial charge in [0.2, 0.25) is 0 Å². The van der Waals surface area contributed by atoms with Crippen LogP contribution in [-0.2, 0) is 9.59 Å². The van der Waals surface area contributed by atoms with Gasteiger partial charge in [0.1, 0.15) is 17.5 Å². The van der Waals surface area contributed by atoms with Gasteiger partial charge in [-0.05, 0) is 55.0 Å². The maximum Gasteiger partial charge on any atom is 0.341 e. The first-order valence-electron chi connectivity index (χ1n) is 8.33. The van der Waals surface area contributed by atoms with Crippen LogP contribution in [-0.4, -0.2) is 30.2 Å². The first-order valence-corrected chi connectivity index (χ1v) is 8.71. The summed E-state index contributed by atoms with van der Waals surface area (Å²) in [7, 11) is 0. The molecule has 7 nitrogen and oxygen atoms in total. The van der Waals surface area contributed by atoms with Crippen LogP contribution in [0.15, 0.2) is 42.0 Å². The minimum Gasteiger partial charge on any atom is -0.490 e. The number of hydrogen-bond donors (Lipinski definition) is 2. The fourth-order valence-corrected chi connectivity index (χ4v) is 2.53. The standard InChI is InChI=1S/C20H16ClFN2O5/c1-2-28-17-9-12(8-16(21)19(17)29-11-18(25)26)7-13(10-23)20(27)24-15-5-3-14(22)4-6-15/h3-9H,2,11H2,1H3,(H,24,27)(H,25,26)/b13-7+. The Kier molecular flexibility index (Phi) is 7.57. The molecule has 2 N–H and O–H groups in total. The van der Waals surface area contributed by atoms with Crippen molar-refractivity contribution in [2.75, 3.05) is 18.5 Å². The second-order valence-electron chi connectivity index (χ2n) is 5.58. The Balaban J connectivity index is 2.31.